The van der Waals surface area contributed by atoms with E-state index < -0.39 is 19.4 Å². The average molecular weight is 617 g/mol. The molecule has 1 amide bonds. The van der Waals surface area contributed by atoms with Gasteiger partial charge in [-0.05, 0) is 68.9 Å². The number of nitrogens with zero attached hydrogens (tertiary/aromatic N) is 3. The third-order valence-electron chi connectivity index (χ3n) is 8.69. The Hall–Kier alpha value is -3.69. The van der Waals surface area contributed by atoms with Crippen LogP contribution in [0.4, 0.5) is 0 Å². The van der Waals surface area contributed by atoms with Gasteiger partial charge in [-0.1, -0.05) is 69.3 Å². The van der Waals surface area contributed by atoms with Crippen LogP contribution in [0.1, 0.15) is 70.3 Å². The summed E-state index contributed by atoms with van der Waals surface area (Å²) < 4.78 is 14.6. The third kappa shape index (κ3) is 7.50. The first-order valence-corrected chi connectivity index (χ1v) is 18.3. The van der Waals surface area contributed by atoms with Crippen molar-refractivity contribution in [1.82, 2.24) is 19.4 Å². The van der Waals surface area contributed by atoms with Gasteiger partial charge in [0.15, 0.2) is 14.0 Å². The Labute approximate surface area is 262 Å². The second-order valence-corrected chi connectivity index (χ2v) is 18.7. The molecule has 2 aromatic heterocycles. The van der Waals surface area contributed by atoms with Crippen LogP contribution >= 0.6 is 0 Å². The number of carbonyl (C=O) groups excluding carboxylic acids is 1. The molecule has 8 nitrogen and oxygen atoms in total. The summed E-state index contributed by atoms with van der Waals surface area (Å²) in [6.07, 6.45) is 2.45. The van der Waals surface area contributed by atoms with Crippen molar-refractivity contribution in [2.75, 3.05) is 13.2 Å². The van der Waals surface area contributed by atoms with E-state index in [1.165, 1.54) is 0 Å². The lowest BCUT2D eigenvalue weighted by atomic mass is 9.99. The summed E-state index contributed by atoms with van der Waals surface area (Å²) in [4.78, 5) is 37.3. The number of amides is 1. The van der Waals surface area contributed by atoms with Gasteiger partial charge in [0, 0.05) is 36.3 Å². The van der Waals surface area contributed by atoms with Gasteiger partial charge in [-0.25, -0.2) is 4.98 Å². The van der Waals surface area contributed by atoms with Gasteiger partial charge < -0.3 is 23.6 Å². The number of hydrogen-bond donors (Lipinski definition) is 1. The van der Waals surface area contributed by atoms with Gasteiger partial charge in [0.1, 0.15) is 12.4 Å². The summed E-state index contributed by atoms with van der Waals surface area (Å²) in [6, 6.07) is 19.7. The van der Waals surface area contributed by atoms with Crippen LogP contribution < -0.4 is 10.3 Å². The zero-order chi connectivity index (χ0) is 32.3. The maximum absolute atomic E-state index is 14.2. The van der Waals surface area contributed by atoms with E-state index in [-0.39, 0.29) is 35.0 Å². The molecule has 0 aliphatic rings. The van der Waals surface area contributed by atoms with Crippen LogP contribution in [0.2, 0.25) is 18.1 Å². The number of rotatable bonds is 12. The molecule has 0 atom stereocenters. The Kier molecular flexibility index (Phi) is 9.90. The van der Waals surface area contributed by atoms with Crippen molar-refractivity contribution < 1.29 is 14.0 Å². The number of nitrogens with one attached hydrogen (secondary N) is 1. The number of aromatic amines is 1. The number of aromatic nitrogens is 3. The largest absolute Gasteiger partial charge is 0.481 e. The molecule has 0 aliphatic carbocycles. The summed E-state index contributed by atoms with van der Waals surface area (Å²) in [5, 5.41) is 1.19. The van der Waals surface area contributed by atoms with Gasteiger partial charge >= 0.3 is 0 Å². The van der Waals surface area contributed by atoms with Crippen LogP contribution in [0.25, 0.3) is 10.9 Å². The van der Waals surface area contributed by atoms with Crippen LogP contribution in [-0.2, 0) is 23.0 Å². The summed E-state index contributed by atoms with van der Waals surface area (Å²) in [7, 11) is -2.01. The molecule has 2 aromatic carbocycles. The molecular weight excluding hydrogens is 568 g/mol. The smallest absolute Gasteiger partial charge is 0.294 e. The van der Waals surface area contributed by atoms with E-state index in [1.54, 1.807) is 4.90 Å². The molecule has 0 spiro atoms. The number of fused-ring (bicyclic) bond motifs is 1. The molecular formula is C35H48N4O4Si. The Balaban J connectivity index is 1.68. The quantitative estimate of drug-likeness (QED) is 0.171. The molecule has 2 heterocycles. The second kappa shape index (κ2) is 13.1. The summed E-state index contributed by atoms with van der Waals surface area (Å²) in [5.41, 5.74) is 1.09. The Morgan fingerprint density at radius 2 is 1.66 bits per heavy atom. The molecule has 9 heteroatoms. The molecule has 0 aliphatic heterocycles. The van der Waals surface area contributed by atoms with Crippen molar-refractivity contribution in [3.63, 3.8) is 0 Å². The lowest BCUT2D eigenvalue weighted by Gasteiger charge is -2.37. The Morgan fingerprint density at radius 1 is 1.00 bits per heavy atom. The second-order valence-electron chi connectivity index (χ2n) is 13.9. The number of benzene rings is 2. The molecule has 4 aromatic rings. The van der Waals surface area contributed by atoms with Crippen LogP contribution in [0, 0.1) is 0 Å². The van der Waals surface area contributed by atoms with E-state index in [2.05, 4.69) is 81.7 Å². The third-order valence-corrected chi connectivity index (χ3v) is 13.2. The fraction of sp³-hybridized carbons (Fsp3) is 0.457. The predicted molar refractivity (Wildman–Crippen MR) is 180 cm³/mol. The van der Waals surface area contributed by atoms with Crippen molar-refractivity contribution in [3.8, 4) is 5.75 Å². The monoisotopic (exact) mass is 616 g/mol. The van der Waals surface area contributed by atoms with Gasteiger partial charge in [-0.15, -0.1) is 0 Å². The van der Waals surface area contributed by atoms with Crippen LogP contribution in [-0.4, -0.2) is 52.9 Å². The van der Waals surface area contributed by atoms with Gasteiger partial charge in [0.25, 0.3) is 11.5 Å². The van der Waals surface area contributed by atoms with Crippen molar-refractivity contribution >= 4 is 25.1 Å². The van der Waals surface area contributed by atoms with Crippen molar-refractivity contribution in [2.45, 2.75) is 91.2 Å². The highest BCUT2D eigenvalue weighted by atomic mass is 28.4. The minimum atomic E-state index is -2.01. The Bertz CT molecular complexity index is 1630. The van der Waals surface area contributed by atoms with E-state index in [0.29, 0.717) is 25.4 Å². The fourth-order valence-electron chi connectivity index (χ4n) is 5.05. The Morgan fingerprint density at radius 3 is 2.32 bits per heavy atom. The number of carbonyl (C=O) groups is 1. The maximum Gasteiger partial charge on any atom is 0.294 e. The standard InChI is InChI=1S/C35H48N4O4Si/c1-25(2)38(21-22-43-44(8,9)34(3,4)5)33(41)30-31(42-24-26-15-11-10-12-16-26)32(40)37-29(36-30)23-35(6,7)39-20-19-27-17-13-14-18-28(27)39/h10-20,25H,21-24H2,1-9H3,(H,36,37,40). The molecule has 0 fully saturated rings. The average Bonchev–Trinajstić information content (AvgIpc) is 3.39. The van der Waals surface area contributed by atoms with E-state index >= 15 is 0 Å². The zero-order valence-electron chi connectivity index (χ0n) is 27.7. The highest BCUT2D eigenvalue weighted by Gasteiger charge is 2.37. The first kappa shape index (κ1) is 33.2. The van der Waals surface area contributed by atoms with Gasteiger partial charge in [-0.3, -0.25) is 9.59 Å². The van der Waals surface area contributed by atoms with Crippen molar-refractivity contribution in [2.24, 2.45) is 0 Å². The zero-order valence-corrected chi connectivity index (χ0v) is 28.7. The fourth-order valence-corrected chi connectivity index (χ4v) is 6.09. The van der Waals surface area contributed by atoms with Crippen LogP contribution in [0.15, 0.2) is 71.7 Å². The highest BCUT2D eigenvalue weighted by Crippen LogP contribution is 2.36. The summed E-state index contributed by atoms with van der Waals surface area (Å²) in [5.74, 6) is 0.00988. The first-order chi connectivity index (χ1) is 20.6. The number of hydrogen-bond acceptors (Lipinski definition) is 5. The topological polar surface area (TPSA) is 89.5 Å². The van der Waals surface area contributed by atoms with Gasteiger partial charge in [0.2, 0.25) is 5.75 Å². The van der Waals surface area contributed by atoms with Crippen LogP contribution in [0.5, 0.6) is 5.75 Å². The minimum Gasteiger partial charge on any atom is -0.481 e. The summed E-state index contributed by atoms with van der Waals surface area (Å²) >= 11 is 0. The molecule has 0 bridgehead atoms. The minimum absolute atomic E-state index is 0.0221. The molecule has 0 saturated carbocycles. The number of ether oxygens (including phenoxy) is 1. The maximum atomic E-state index is 14.2. The van der Waals surface area contributed by atoms with Crippen LogP contribution in [0.3, 0.4) is 0 Å². The molecule has 0 saturated heterocycles. The van der Waals surface area contributed by atoms with Gasteiger partial charge in [-0.2, -0.15) is 0 Å². The summed E-state index contributed by atoms with van der Waals surface area (Å²) in [6.45, 7) is 20.0. The normalized spacial score (nSPS) is 12.6. The van der Waals surface area contributed by atoms with E-state index in [4.69, 9.17) is 14.1 Å². The van der Waals surface area contributed by atoms with E-state index in [1.807, 2.05) is 56.3 Å². The molecule has 1 N–H and O–H groups in total. The highest BCUT2D eigenvalue weighted by molar-refractivity contribution is 6.74. The van der Waals surface area contributed by atoms with Gasteiger partial charge in [0.05, 0.1) is 6.61 Å². The molecule has 0 unspecified atom stereocenters. The molecule has 4 rings (SSSR count). The first-order valence-electron chi connectivity index (χ1n) is 15.4. The lowest BCUT2D eigenvalue weighted by molar-refractivity contribution is 0.0657. The number of H-pyrrole nitrogens is 1. The number of para-hydroxylation sites is 1. The van der Waals surface area contributed by atoms with E-state index in [9.17, 15) is 9.59 Å². The molecule has 0 radical (unpaired) electrons. The lowest BCUT2D eigenvalue weighted by Crippen LogP contribution is -2.45. The van der Waals surface area contributed by atoms with Crippen molar-refractivity contribution in [3.05, 3.63) is 94.3 Å². The van der Waals surface area contributed by atoms with Crippen molar-refractivity contribution in [1.29, 1.82) is 0 Å². The molecule has 44 heavy (non-hydrogen) atoms. The SMILES string of the molecule is CC(C)N(CCO[Si](C)(C)C(C)(C)C)C(=O)c1nc(CC(C)(C)n2ccc3ccccc32)[nH]c(=O)c1OCc1ccccc1. The predicted octanol–water partition coefficient (Wildman–Crippen LogP) is 7.15. The van der Waals surface area contributed by atoms with E-state index in [0.717, 1.165) is 16.5 Å². The molecule has 236 valence electrons.